The lowest BCUT2D eigenvalue weighted by molar-refractivity contribution is 0.0588. The van der Waals surface area contributed by atoms with Gasteiger partial charge in [0.1, 0.15) is 0 Å². The smallest absolute Gasteiger partial charge is 0.360 e. The van der Waals surface area contributed by atoms with Gasteiger partial charge in [-0.2, -0.15) is 4.98 Å². The molecule has 0 atom stereocenters. The first kappa shape index (κ1) is 14.2. The zero-order valence-electron chi connectivity index (χ0n) is 11.1. The van der Waals surface area contributed by atoms with E-state index in [1.807, 2.05) is 0 Å². The Balaban J connectivity index is 3.50. The summed E-state index contributed by atoms with van der Waals surface area (Å²) in [5.74, 6) is -0.114. The van der Waals surface area contributed by atoms with Gasteiger partial charge in [0.15, 0.2) is 11.5 Å². The normalized spacial score (nSPS) is 11.0. The summed E-state index contributed by atoms with van der Waals surface area (Å²) in [6.07, 6.45) is 0. The Labute approximate surface area is 105 Å². The Morgan fingerprint density at radius 1 is 1.17 bits per heavy atom. The fourth-order valence-electron chi connectivity index (χ4n) is 1.28. The Morgan fingerprint density at radius 2 is 1.78 bits per heavy atom. The lowest BCUT2D eigenvalue weighted by Crippen LogP contribution is -2.32. The van der Waals surface area contributed by atoms with Crippen molar-refractivity contribution in [1.82, 2.24) is 9.97 Å². The number of carbonyl (C=O) groups excluding carboxylic acids is 1. The zero-order chi connectivity index (χ0) is 13.9. The van der Waals surface area contributed by atoms with Crippen molar-refractivity contribution in [2.24, 2.45) is 5.73 Å². The fraction of sp³-hybridized carbons (Fsp3) is 0.545. The number of hydrogen-bond acceptors (Lipinski definition) is 7. The number of nitrogens with zero attached hydrogens (tertiary/aromatic N) is 2. The number of ether oxygens (including phenoxy) is 3. The number of esters is 1. The molecule has 0 unspecified atom stereocenters. The molecule has 0 bridgehead atoms. The van der Waals surface area contributed by atoms with Gasteiger partial charge in [0.2, 0.25) is 5.75 Å². The van der Waals surface area contributed by atoms with Gasteiger partial charge in [-0.05, 0) is 13.8 Å². The summed E-state index contributed by atoms with van der Waals surface area (Å²) in [4.78, 5) is 19.8. The molecule has 0 spiro atoms. The van der Waals surface area contributed by atoms with Crippen LogP contribution < -0.4 is 15.2 Å². The molecule has 0 aliphatic rings. The molecule has 1 aromatic rings. The molecule has 7 nitrogen and oxygen atoms in total. The van der Waals surface area contributed by atoms with Crippen LogP contribution in [0.4, 0.5) is 0 Å². The van der Waals surface area contributed by atoms with E-state index in [-0.39, 0.29) is 23.1 Å². The van der Waals surface area contributed by atoms with Crippen LogP contribution in [0, 0.1) is 0 Å². The molecule has 2 N–H and O–H groups in total. The second kappa shape index (κ2) is 5.18. The monoisotopic (exact) mass is 255 g/mol. The summed E-state index contributed by atoms with van der Waals surface area (Å²) in [7, 11) is 4.06. The number of aromatic nitrogens is 2. The number of rotatable bonds is 4. The summed E-state index contributed by atoms with van der Waals surface area (Å²) in [6.45, 7) is 3.44. The summed E-state index contributed by atoms with van der Waals surface area (Å²) in [6, 6.07) is 0. The van der Waals surface area contributed by atoms with E-state index in [1.165, 1.54) is 21.3 Å². The van der Waals surface area contributed by atoms with Crippen molar-refractivity contribution in [3.8, 4) is 11.6 Å². The lowest BCUT2D eigenvalue weighted by Gasteiger charge is -2.19. The van der Waals surface area contributed by atoms with Gasteiger partial charge in [-0.25, -0.2) is 9.78 Å². The van der Waals surface area contributed by atoms with Gasteiger partial charge in [0.25, 0.3) is 5.88 Å². The number of hydrogen-bond donors (Lipinski definition) is 1. The van der Waals surface area contributed by atoms with Crippen LogP contribution in [0.1, 0.15) is 30.2 Å². The molecule has 0 saturated heterocycles. The molecule has 0 amide bonds. The van der Waals surface area contributed by atoms with Gasteiger partial charge < -0.3 is 19.9 Å². The highest BCUT2D eigenvalue weighted by Crippen LogP contribution is 2.30. The first-order valence-electron chi connectivity index (χ1n) is 5.22. The number of methoxy groups -OCH3 is 3. The van der Waals surface area contributed by atoms with Gasteiger partial charge in [0.05, 0.1) is 26.9 Å². The van der Waals surface area contributed by atoms with Crippen LogP contribution in [0.5, 0.6) is 11.6 Å². The fourth-order valence-corrected chi connectivity index (χ4v) is 1.28. The topological polar surface area (TPSA) is 96.6 Å². The third-order valence-electron chi connectivity index (χ3n) is 2.19. The third kappa shape index (κ3) is 2.67. The maximum atomic E-state index is 11.7. The van der Waals surface area contributed by atoms with Crippen molar-refractivity contribution in [2.75, 3.05) is 21.3 Å². The van der Waals surface area contributed by atoms with Gasteiger partial charge in [-0.3, -0.25) is 0 Å². The summed E-state index contributed by atoms with van der Waals surface area (Å²) in [5, 5.41) is 0. The minimum Gasteiger partial charge on any atom is -0.489 e. The van der Waals surface area contributed by atoms with E-state index >= 15 is 0 Å². The average molecular weight is 255 g/mol. The third-order valence-corrected chi connectivity index (χ3v) is 2.19. The molecular weight excluding hydrogens is 238 g/mol. The molecule has 0 fully saturated rings. The molecule has 1 rings (SSSR count). The Kier molecular flexibility index (Phi) is 4.07. The summed E-state index contributed by atoms with van der Waals surface area (Å²) in [5.41, 5.74) is 5.08. The van der Waals surface area contributed by atoms with Crippen LogP contribution in [0.15, 0.2) is 0 Å². The second-order valence-electron chi connectivity index (χ2n) is 4.15. The van der Waals surface area contributed by atoms with E-state index in [2.05, 4.69) is 14.7 Å². The van der Waals surface area contributed by atoms with Crippen LogP contribution in [0.3, 0.4) is 0 Å². The van der Waals surface area contributed by atoms with E-state index in [9.17, 15) is 4.79 Å². The van der Waals surface area contributed by atoms with Crippen molar-refractivity contribution >= 4 is 5.97 Å². The van der Waals surface area contributed by atoms with Crippen LogP contribution in [0.25, 0.3) is 0 Å². The van der Waals surface area contributed by atoms with Crippen molar-refractivity contribution < 1.29 is 19.0 Å². The van der Waals surface area contributed by atoms with Crippen LogP contribution in [0.2, 0.25) is 0 Å². The molecule has 0 aliphatic carbocycles. The lowest BCUT2D eigenvalue weighted by atomic mass is 10.1. The quantitative estimate of drug-likeness (QED) is 0.781. The molecule has 100 valence electrons. The summed E-state index contributed by atoms with van der Waals surface area (Å²) >= 11 is 0. The van der Waals surface area contributed by atoms with Crippen molar-refractivity contribution in [3.05, 3.63) is 11.5 Å². The largest absolute Gasteiger partial charge is 0.489 e. The van der Waals surface area contributed by atoms with Crippen molar-refractivity contribution in [3.63, 3.8) is 0 Å². The van der Waals surface area contributed by atoms with Gasteiger partial charge in [0, 0.05) is 0 Å². The molecule has 0 radical (unpaired) electrons. The maximum Gasteiger partial charge on any atom is 0.360 e. The molecule has 1 aromatic heterocycles. The Bertz CT molecular complexity index is 454. The molecular formula is C11H17N3O4. The van der Waals surface area contributed by atoms with Crippen LogP contribution in [-0.2, 0) is 10.3 Å². The Hall–Kier alpha value is -1.89. The molecule has 0 aliphatic heterocycles. The maximum absolute atomic E-state index is 11.7. The summed E-state index contributed by atoms with van der Waals surface area (Å²) < 4.78 is 14.8. The molecule has 0 saturated carbocycles. The van der Waals surface area contributed by atoms with Gasteiger partial charge in [-0.1, -0.05) is 0 Å². The highest BCUT2D eigenvalue weighted by atomic mass is 16.5. The number of nitrogens with two attached hydrogens (primary N) is 1. The minimum absolute atomic E-state index is 0.0135. The van der Waals surface area contributed by atoms with E-state index in [0.29, 0.717) is 0 Å². The Morgan fingerprint density at radius 3 is 2.17 bits per heavy atom. The molecule has 7 heteroatoms. The van der Waals surface area contributed by atoms with Gasteiger partial charge in [-0.15, -0.1) is 0 Å². The number of carbonyl (C=O) groups is 1. The predicted molar refractivity (Wildman–Crippen MR) is 63.7 cm³/mol. The first-order chi connectivity index (χ1) is 8.35. The van der Waals surface area contributed by atoms with Crippen LogP contribution in [-0.4, -0.2) is 37.3 Å². The first-order valence-corrected chi connectivity index (χ1v) is 5.22. The minimum atomic E-state index is -0.817. The second-order valence-corrected chi connectivity index (χ2v) is 4.15. The van der Waals surface area contributed by atoms with Crippen molar-refractivity contribution in [1.29, 1.82) is 0 Å². The van der Waals surface area contributed by atoms with Crippen molar-refractivity contribution in [2.45, 2.75) is 19.4 Å². The van der Waals surface area contributed by atoms with Gasteiger partial charge >= 0.3 is 5.97 Å². The van der Waals surface area contributed by atoms with E-state index in [4.69, 9.17) is 15.2 Å². The molecule has 0 aromatic carbocycles. The highest BCUT2D eigenvalue weighted by molar-refractivity contribution is 5.91. The molecule has 18 heavy (non-hydrogen) atoms. The van der Waals surface area contributed by atoms with E-state index in [1.54, 1.807) is 13.8 Å². The molecule has 1 heterocycles. The average Bonchev–Trinajstić information content (AvgIpc) is 2.34. The standard InChI is InChI=1S/C11H17N3O4/c1-11(2,12)10-13-6(9(15)18-5)7(16-3)8(14-10)17-4/h12H2,1-5H3. The predicted octanol–water partition coefficient (Wildman–Crippen LogP) is 0.474. The highest BCUT2D eigenvalue weighted by Gasteiger charge is 2.27. The van der Waals surface area contributed by atoms with E-state index in [0.717, 1.165) is 0 Å². The zero-order valence-corrected chi connectivity index (χ0v) is 11.1. The SMILES string of the molecule is COC(=O)c1nc(C(C)(C)N)nc(OC)c1OC. The van der Waals surface area contributed by atoms with E-state index < -0.39 is 11.5 Å². The van der Waals surface area contributed by atoms with Crippen LogP contribution >= 0.6 is 0 Å².